The second-order valence-corrected chi connectivity index (χ2v) is 5.80. The van der Waals surface area contributed by atoms with Crippen molar-refractivity contribution in [3.05, 3.63) is 29.6 Å². The minimum Gasteiger partial charge on any atom is -0.508 e. The van der Waals surface area contributed by atoms with Crippen LogP contribution in [0.25, 0.3) is 0 Å². The lowest BCUT2D eigenvalue weighted by Gasteiger charge is -2.26. The minimum atomic E-state index is -0.406. The average Bonchev–Trinajstić information content (AvgIpc) is 3.06. The van der Waals surface area contributed by atoms with E-state index in [1.165, 1.54) is 12.5 Å². The summed E-state index contributed by atoms with van der Waals surface area (Å²) in [5.74, 6) is 0.953. The van der Waals surface area contributed by atoms with E-state index in [4.69, 9.17) is 5.11 Å². The zero-order chi connectivity index (χ0) is 14.3. The Morgan fingerprint density at radius 1 is 1.55 bits per heavy atom. The third kappa shape index (κ3) is 2.50. The van der Waals surface area contributed by atoms with Gasteiger partial charge in [-0.2, -0.15) is 0 Å². The van der Waals surface area contributed by atoms with Crippen molar-refractivity contribution < 1.29 is 14.3 Å². The van der Waals surface area contributed by atoms with Crippen LogP contribution in [0.3, 0.4) is 0 Å². The van der Waals surface area contributed by atoms with E-state index in [1.54, 1.807) is 13.0 Å². The van der Waals surface area contributed by atoms with Crippen LogP contribution < -0.4 is 5.32 Å². The normalized spacial score (nSPS) is 27.5. The fourth-order valence-electron chi connectivity index (χ4n) is 3.23. The molecule has 1 aromatic carbocycles. The van der Waals surface area contributed by atoms with Gasteiger partial charge in [0.2, 0.25) is 5.91 Å². The summed E-state index contributed by atoms with van der Waals surface area (Å²) in [6, 6.07) is 4.42. The van der Waals surface area contributed by atoms with Gasteiger partial charge in [0.25, 0.3) is 0 Å². The van der Waals surface area contributed by atoms with Crippen molar-refractivity contribution >= 4 is 5.91 Å². The SMILES string of the molecule is CC(=O)N1CC2CC2C1CNCc1ccc(O)cc1F. The van der Waals surface area contributed by atoms with Crippen molar-refractivity contribution in [2.75, 3.05) is 13.1 Å². The quantitative estimate of drug-likeness (QED) is 0.877. The molecule has 5 heteroatoms. The summed E-state index contributed by atoms with van der Waals surface area (Å²) in [5.41, 5.74) is 0.530. The molecular weight excluding hydrogens is 259 g/mol. The molecular formula is C15H19FN2O2. The Morgan fingerprint density at radius 3 is 3.05 bits per heavy atom. The van der Waals surface area contributed by atoms with E-state index in [1.807, 2.05) is 4.90 Å². The van der Waals surface area contributed by atoms with E-state index >= 15 is 0 Å². The van der Waals surface area contributed by atoms with Gasteiger partial charge in [0.1, 0.15) is 11.6 Å². The molecule has 20 heavy (non-hydrogen) atoms. The molecule has 1 saturated carbocycles. The summed E-state index contributed by atoms with van der Waals surface area (Å²) in [5, 5.41) is 12.4. The highest BCUT2D eigenvalue weighted by Gasteiger charge is 2.52. The van der Waals surface area contributed by atoms with Crippen LogP contribution in [0.4, 0.5) is 4.39 Å². The fraction of sp³-hybridized carbons (Fsp3) is 0.533. The molecule has 0 spiro atoms. The molecule has 3 atom stereocenters. The molecule has 2 fully saturated rings. The van der Waals surface area contributed by atoms with Gasteiger partial charge in [-0.1, -0.05) is 6.07 Å². The van der Waals surface area contributed by atoms with Crippen molar-refractivity contribution in [1.29, 1.82) is 0 Å². The second-order valence-electron chi connectivity index (χ2n) is 5.80. The number of likely N-dealkylation sites (tertiary alicyclic amines) is 1. The molecule has 1 amide bonds. The first-order valence-electron chi connectivity index (χ1n) is 7.01. The first-order chi connectivity index (χ1) is 9.56. The summed E-state index contributed by atoms with van der Waals surface area (Å²) in [4.78, 5) is 13.5. The number of aromatic hydroxyl groups is 1. The molecule has 1 saturated heterocycles. The topological polar surface area (TPSA) is 52.6 Å². The number of phenolic OH excluding ortho intramolecular Hbond substituents is 1. The Kier molecular flexibility index (Phi) is 3.38. The number of carbonyl (C=O) groups is 1. The molecule has 1 aliphatic carbocycles. The van der Waals surface area contributed by atoms with Crippen molar-refractivity contribution in [3.63, 3.8) is 0 Å². The van der Waals surface area contributed by atoms with Crippen LogP contribution in [0.1, 0.15) is 18.9 Å². The molecule has 0 aromatic heterocycles. The highest BCUT2D eigenvalue weighted by Crippen LogP contribution is 2.49. The Hall–Kier alpha value is -1.62. The smallest absolute Gasteiger partial charge is 0.219 e. The number of benzene rings is 1. The largest absolute Gasteiger partial charge is 0.508 e. The Bertz CT molecular complexity index is 535. The van der Waals surface area contributed by atoms with Crippen LogP contribution in [0, 0.1) is 17.7 Å². The molecule has 2 aliphatic rings. The van der Waals surface area contributed by atoms with Crippen LogP contribution in [0.2, 0.25) is 0 Å². The summed E-state index contributed by atoms with van der Waals surface area (Å²) < 4.78 is 13.6. The third-order valence-electron chi connectivity index (χ3n) is 4.41. The summed E-state index contributed by atoms with van der Waals surface area (Å²) >= 11 is 0. The summed E-state index contributed by atoms with van der Waals surface area (Å²) in [6.45, 7) is 3.59. The van der Waals surface area contributed by atoms with E-state index in [-0.39, 0.29) is 17.7 Å². The van der Waals surface area contributed by atoms with Crippen LogP contribution in [0.15, 0.2) is 18.2 Å². The average molecular weight is 278 g/mol. The monoisotopic (exact) mass is 278 g/mol. The number of phenols is 1. The number of amides is 1. The number of hydrogen-bond acceptors (Lipinski definition) is 3. The lowest BCUT2D eigenvalue weighted by Crippen LogP contribution is -2.43. The standard InChI is InChI=1S/C15H19FN2O2/c1-9(19)18-8-11-4-13(11)15(18)7-17-6-10-2-3-12(20)5-14(10)16/h2-3,5,11,13,15,17,20H,4,6-8H2,1H3. The molecule has 0 radical (unpaired) electrons. The predicted octanol–water partition coefficient (Wildman–Crippen LogP) is 1.49. The zero-order valence-corrected chi connectivity index (χ0v) is 11.5. The van der Waals surface area contributed by atoms with Crippen molar-refractivity contribution in [2.24, 2.45) is 11.8 Å². The Morgan fingerprint density at radius 2 is 2.35 bits per heavy atom. The van der Waals surface area contributed by atoms with E-state index in [0.29, 0.717) is 30.5 Å². The molecule has 1 heterocycles. The lowest BCUT2D eigenvalue weighted by molar-refractivity contribution is -0.130. The molecule has 1 aromatic rings. The van der Waals surface area contributed by atoms with Gasteiger partial charge in [-0.25, -0.2) is 4.39 Å². The number of fused-ring (bicyclic) bond motifs is 1. The number of hydrogen-bond donors (Lipinski definition) is 2. The minimum absolute atomic E-state index is 0.0642. The lowest BCUT2D eigenvalue weighted by atomic mass is 10.1. The van der Waals surface area contributed by atoms with Crippen LogP contribution in [-0.2, 0) is 11.3 Å². The van der Waals surface area contributed by atoms with Gasteiger partial charge in [-0.3, -0.25) is 4.79 Å². The number of nitrogens with one attached hydrogen (secondary N) is 1. The van der Waals surface area contributed by atoms with Gasteiger partial charge < -0.3 is 15.3 Å². The van der Waals surface area contributed by atoms with E-state index in [9.17, 15) is 9.18 Å². The van der Waals surface area contributed by atoms with Crippen LogP contribution in [-0.4, -0.2) is 35.0 Å². The van der Waals surface area contributed by atoms with Gasteiger partial charge in [0, 0.05) is 44.2 Å². The maximum absolute atomic E-state index is 13.6. The summed E-state index contributed by atoms with van der Waals surface area (Å²) in [6.07, 6.45) is 1.21. The zero-order valence-electron chi connectivity index (χ0n) is 11.5. The van der Waals surface area contributed by atoms with Gasteiger partial charge in [0.05, 0.1) is 0 Å². The maximum atomic E-state index is 13.6. The van der Waals surface area contributed by atoms with E-state index in [0.717, 1.165) is 12.6 Å². The predicted molar refractivity (Wildman–Crippen MR) is 72.5 cm³/mol. The summed E-state index contributed by atoms with van der Waals surface area (Å²) in [7, 11) is 0. The maximum Gasteiger partial charge on any atom is 0.219 e. The van der Waals surface area contributed by atoms with Crippen molar-refractivity contribution in [3.8, 4) is 5.75 Å². The highest BCUT2D eigenvalue weighted by atomic mass is 19.1. The molecule has 2 N–H and O–H groups in total. The van der Waals surface area contributed by atoms with Gasteiger partial charge in [0.15, 0.2) is 0 Å². The highest BCUT2D eigenvalue weighted by molar-refractivity contribution is 5.74. The number of piperidine rings is 1. The number of rotatable bonds is 4. The number of nitrogens with zero attached hydrogens (tertiary/aromatic N) is 1. The number of carbonyl (C=O) groups excluding carboxylic acids is 1. The molecule has 1 aliphatic heterocycles. The van der Waals surface area contributed by atoms with Crippen LogP contribution >= 0.6 is 0 Å². The van der Waals surface area contributed by atoms with Gasteiger partial charge in [-0.05, 0) is 24.3 Å². The molecule has 4 nitrogen and oxygen atoms in total. The number of halogens is 1. The first-order valence-corrected chi connectivity index (χ1v) is 7.01. The molecule has 0 bridgehead atoms. The fourth-order valence-corrected chi connectivity index (χ4v) is 3.23. The van der Waals surface area contributed by atoms with E-state index in [2.05, 4.69) is 5.32 Å². The molecule has 3 rings (SSSR count). The Labute approximate surface area is 117 Å². The molecule has 108 valence electrons. The first kappa shape index (κ1) is 13.4. The van der Waals surface area contributed by atoms with Crippen molar-refractivity contribution in [2.45, 2.75) is 25.9 Å². The Balaban J connectivity index is 1.55. The van der Waals surface area contributed by atoms with Crippen LogP contribution in [0.5, 0.6) is 5.75 Å². The van der Waals surface area contributed by atoms with Gasteiger partial charge >= 0.3 is 0 Å². The van der Waals surface area contributed by atoms with E-state index < -0.39 is 5.82 Å². The van der Waals surface area contributed by atoms with Gasteiger partial charge in [-0.15, -0.1) is 0 Å². The second kappa shape index (κ2) is 5.05. The van der Waals surface area contributed by atoms with Crippen molar-refractivity contribution in [1.82, 2.24) is 10.2 Å². The third-order valence-corrected chi connectivity index (χ3v) is 4.41. The molecule has 3 unspecified atom stereocenters.